The summed E-state index contributed by atoms with van der Waals surface area (Å²) in [5, 5.41) is 0. The Kier molecular flexibility index (Phi) is 5.85. The first kappa shape index (κ1) is 17.1. The second-order valence-electron chi connectivity index (χ2n) is 7.58. The van der Waals surface area contributed by atoms with Crippen LogP contribution in [0.25, 0.3) is 0 Å². The van der Waals surface area contributed by atoms with E-state index in [0.29, 0.717) is 0 Å². The van der Waals surface area contributed by atoms with Gasteiger partial charge in [0.15, 0.2) is 0 Å². The second-order valence-corrected chi connectivity index (χ2v) is 15.4. The van der Waals surface area contributed by atoms with Crippen molar-refractivity contribution in [2.24, 2.45) is 17.8 Å². The fraction of sp³-hybridized carbons (Fsp3) is 0.455. The van der Waals surface area contributed by atoms with Crippen molar-refractivity contribution in [3.8, 4) is 0 Å². The van der Waals surface area contributed by atoms with Gasteiger partial charge in [-0.25, -0.2) is 0 Å². The van der Waals surface area contributed by atoms with Crippen molar-refractivity contribution in [2.45, 2.75) is 44.0 Å². The second kappa shape index (κ2) is 7.87. The van der Waals surface area contributed by atoms with Crippen LogP contribution >= 0.6 is 0 Å². The fourth-order valence-electron chi connectivity index (χ4n) is 4.36. The maximum absolute atomic E-state index is 2.47. The molecule has 0 N–H and O–H groups in total. The third kappa shape index (κ3) is 4.02. The predicted octanol–water partition coefficient (Wildman–Crippen LogP) is 4.76. The monoisotopic (exact) mass is 413 g/mol. The van der Waals surface area contributed by atoms with Gasteiger partial charge in [-0.2, -0.15) is 0 Å². The van der Waals surface area contributed by atoms with Crippen LogP contribution in [0.5, 0.6) is 0 Å². The number of benzene rings is 2. The van der Waals surface area contributed by atoms with E-state index in [1.165, 1.54) is 19.3 Å². The molecular weight excluding hydrogens is 383 g/mol. The molecule has 1 heteroatoms. The summed E-state index contributed by atoms with van der Waals surface area (Å²) in [4.78, 5) is 0. The number of rotatable bonds is 4. The van der Waals surface area contributed by atoms with Crippen LogP contribution in [0.2, 0.25) is 3.93 Å². The molecule has 0 unspecified atom stereocenters. The van der Waals surface area contributed by atoms with Crippen LogP contribution in [0.3, 0.4) is 0 Å². The molecule has 2 aromatic rings. The Morgan fingerprint density at radius 2 is 1.35 bits per heavy atom. The molecule has 1 saturated carbocycles. The van der Waals surface area contributed by atoms with Gasteiger partial charge in [0.1, 0.15) is 0 Å². The van der Waals surface area contributed by atoms with E-state index in [0.717, 1.165) is 21.7 Å². The van der Waals surface area contributed by atoms with Gasteiger partial charge in [0, 0.05) is 0 Å². The van der Waals surface area contributed by atoms with E-state index < -0.39 is 19.8 Å². The molecule has 0 aliphatic heterocycles. The minimum atomic E-state index is -1.90. The van der Waals surface area contributed by atoms with Crippen LogP contribution in [0.4, 0.5) is 0 Å². The summed E-state index contributed by atoms with van der Waals surface area (Å²) in [7, 11) is 0. The fourth-order valence-corrected chi connectivity index (χ4v) is 15.5. The first-order valence-corrected chi connectivity index (χ1v) is 13.6. The summed E-state index contributed by atoms with van der Waals surface area (Å²) < 4.78 is 4.32. The Bertz CT molecular complexity index is 550. The average molecular weight is 412 g/mol. The normalized spacial score (nSPS) is 25.0. The zero-order valence-electron chi connectivity index (χ0n) is 14.7. The molecule has 23 heavy (non-hydrogen) atoms. The van der Waals surface area contributed by atoms with Crippen molar-refractivity contribution in [1.29, 1.82) is 0 Å². The third-order valence-electron chi connectivity index (χ3n) is 5.56. The molecule has 3 atom stereocenters. The molecule has 1 radical (unpaired) electrons. The number of hydrogen-bond donors (Lipinski definition) is 0. The first-order chi connectivity index (χ1) is 11.2. The van der Waals surface area contributed by atoms with Gasteiger partial charge in [-0.15, -0.1) is 0 Å². The van der Waals surface area contributed by atoms with Crippen molar-refractivity contribution in [3.05, 3.63) is 60.7 Å². The molecule has 0 amide bonds. The maximum atomic E-state index is 2.47. The van der Waals surface area contributed by atoms with Gasteiger partial charge < -0.3 is 0 Å². The van der Waals surface area contributed by atoms with Gasteiger partial charge >= 0.3 is 149 Å². The SMILES string of the molecule is CC(C)[C@@H]1CC[C@@H](C)C[C@H]1[Sn]([c]1ccccc1)[c]1ccccc1. The van der Waals surface area contributed by atoms with E-state index in [2.05, 4.69) is 81.4 Å². The van der Waals surface area contributed by atoms with Crippen molar-refractivity contribution in [1.82, 2.24) is 0 Å². The topological polar surface area (TPSA) is 0 Å². The van der Waals surface area contributed by atoms with Crippen molar-refractivity contribution in [3.63, 3.8) is 0 Å². The van der Waals surface area contributed by atoms with Crippen LogP contribution in [-0.4, -0.2) is 19.8 Å². The molecule has 121 valence electrons. The summed E-state index contributed by atoms with van der Waals surface area (Å²) in [6.07, 6.45) is 4.31. The average Bonchev–Trinajstić information content (AvgIpc) is 2.57. The van der Waals surface area contributed by atoms with Gasteiger partial charge in [0.2, 0.25) is 0 Å². The molecule has 3 rings (SSSR count). The zero-order valence-corrected chi connectivity index (χ0v) is 17.6. The van der Waals surface area contributed by atoms with E-state index in [9.17, 15) is 0 Å². The molecular formula is C22H29Sn. The molecule has 0 spiro atoms. The standard InChI is InChI=1S/C10H19.2C6H5.Sn/c1-8(2)10-6-4-9(3)5-7-10;2*1-2-4-6-5-3-1;/h6,8-10H,4-5,7H2,1-3H3;2*1-5H;/t9-,10-;;;/m0.../s1. The summed E-state index contributed by atoms with van der Waals surface area (Å²) in [6.45, 7) is 7.37. The van der Waals surface area contributed by atoms with Gasteiger partial charge in [0.25, 0.3) is 0 Å². The molecule has 0 saturated heterocycles. The quantitative estimate of drug-likeness (QED) is 0.636. The molecule has 0 aromatic heterocycles. The van der Waals surface area contributed by atoms with Gasteiger partial charge in [-0.05, 0) is 0 Å². The van der Waals surface area contributed by atoms with Gasteiger partial charge in [-0.3, -0.25) is 0 Å². The Labute approximate surface area is 149 Å². The molecule has 1 aliphatic rings. The molecule has 0 nitrogen and oxygen atoms in total. The molecule has 1 aliphatic carbocycles. The Morgan fingerprint density at radius 3 is 1.83 bits per heavy atom. The minimum absolute atomic E-state index is 0.815. The Morgan fingerprint density at radius 1 is 0.826 bits per heavy atom. The summed E-state index contributed by atoms with van der Waals surface area (Å²) in [6, 6.07) is 23.0. The van der Waals surface area contributed by atoms with E-state index >= 15 is 0 Å². The van der Waals surface area contributed by atoms with E-state index in [4.69, 9.17) is 0 Å². The molecule has 0 bridgehead atoms. The molecule has 2 aromatic carbocycles. The van der Waals surface area contributed by atoms with Crippen molar-refractivity contribution in [2.75, 3.05) is 0 Å². The van der Waals surface area contributed by atoms with Crippen molar-refractivity contribution >= 4 is 26.9 Å². The Balaban J connectivity index is 2.03. The van der Waals surface area contributed by atoms with Gasteiger partial charge in [0.05, 0.1) is 0 Å². The Hall–Kier alpha value is -0.761. The summed E-state index contributed by atoms with van der Waals surface area (Å²) >= 11 is -1.90. The summed E-state index contributed by atoms with van der Waals surface area (Å²) in [5.41, 5.74) is 0. The van der Waals surface area contributed by atoms with Crippen molar-refractivity contribution < 1.29 is 0 Å². The third-order valence-corrected chi connectivity index (χ3v) is 15.0. The first-order valence-electron chi connectivity index (χ1n) is 9.14. The zero-order chi connectivity index (χ0) is 16.2. The van der Waals surface area contributed by atoms with Crippen LogP contribution in [0, 0.1) is 17.8 Å². The number of hydrogen-bond acceptors (Lipinski definition) is 0. The van der Waals surface area contributed by atoms with E-state index in [1.54, 1.807) is 7.16 Å². The van der Waals surface area contributed by atoms with Crippen LogP contribution in [0.15, 0.2) is 60.7 Å². The van der Waals surface area contributed by atoms with Gasteiger partial charge in [-0.1, -0.05) is 0 Å². The van der Waals surface area contributed by atoms with Crippen LogP contribution in [-0.2, 0) is 0 Å². The van der Waals surface area contributed by atoms with Crippen LogP contribution in [0.1, 0.15) is 40.0 Å². The molecule has 1 fully saturated rings. The van der Waals surface area contributed by atoms with E-state index in [-0.39, 0.29) is 0 Å². The predicted molar refractivity (Wildman–Crippen MR) is 103 cm³/mol. The molecule has 0 heterocycles. The van der Waals surface area contributed by atoms with Crippen LogP contribution < -0.4 is 7.16 Å². The summed E-state index contributed by atoms with van der Waals surface area (Å²) in [5.74, 6) is 2.63. The van der Waals surface area contributed by atoms with E-state index in [1.807, 2.05) is 0 Å².